The van der Waals surface area contributed by atoms with Crippen molar-refractivity contribution in [3.63, 3.8) is 0 Å². The first kappa shape index (κ1) is 24.7. The van der Waals surface area contributed by atoms with E-state index in [1.54, 1.807) is 0 Å². The molecule has 0 saturated carbocycles. The van der Waals surface area contributed by atoms with Gasteiger partial charge in [0.1, 0.15) is 30.2 Å². The highest BCUT2D eigenvalue weighted by Crippen LogP contribution is 2.66. The van der Waals surface area contributed by atoms with Gasteiger partial charge in [-0.05, 0) is 11.8 Å². The molecule has 0 amide bonds. The summed E-state index contributed by atoms with van der Waals surface area (Å²) >= 11 is 3.97. The lowest BCUT2D eigenvalue weighted by Crippen LogP contribution is -2.33. The van der Waals surface area contributed by atoms with Gasteiger partial charge in [0, 0.05) is 0 Å². The molecule has 1 aliphatic heterocycles. The van der Waals surface area contributed by atoms with Crippen LogP contribution in [0.2, 0.25) is 0 Å². The number of nitrogens with two attached hydrogens (primary N) is 1. The smallest absolute Gasteiger partial charge is 0.387 e. The first-order valence-electron chi connectivity index (χ1n) is 7.92. The zero-order chi connectivity index (χ0) is 23.2. The van der Waals surface area contributed by atoms with E-state index in [2.05, 4.69) is 39.9 Å². The Morgan fingerprint density at radius 3 is 2.42 bits per heavy atom. The van der Waals surface area contributed by atoms with Crippen molar-refractivity contribution in [2.45, 2.75) is 24.5 Å². The number of aromatic nitrogens is 4. The summed E-state index contributed by atoms with van der Waals surface area (Å²) in [5, 5.41) is 20.5. The first-order chi connectivity index (χ1) is 14.2. The largest absolute Gasteiger partial charge is 0.488 e. The predicted molar refractivity (Wildman–Crippen MR) is 102 cm³/mol. The number of phosphoric ester groups is 1. The lowest BCUT2D eigenvalue weighted by molar-refractivity contribution is -0.0503. The Morgan fingerprint density at radius 1 is 1.10 bits per heavy atom. The molecule has 8 N–H and O–H groups in total. The maximum absolute atomic E-state index is 11.9. The van der Waals surface area contributed by atoms with Gasteiger partial charge in [0.25, 0.3) is 0 Å². The van der Waals surface area contributed by atoms with Crippen molar-refractivity contribution in [1.82, 2.24) is 19.5 Å². The quantitative estimate of drug-likeness (QED) is 0.194. The second kappa shape index (κ2) is 8.78. The molecule has 0 aromatic carbocycles. The molecule has 0 aliphatic carbocycles. The molecule has 3 rings (SSSR count). The Morgan fingerprint density at radius 2 is 1.77 bits per heavy atom. The average Bonchev–Trinajstić information content (AvgIpc) is 3.13. The van der Waals surface area contributed by atoms with Gasteiger partial charge >= 0.3 is 22.4 Å². The van der Waals surface area contributed by atoms with E-state index in [-0.39, 0.29) is 17.0 Å². The molecule has 3 heterocycles. The number of anilines is 1. The summed E-state index contributed by atoms with van der Waals surface area (Å²) in [7, 11) is -10.8. The Balaban J connectivity index is 1.69. The van der Waals surface area contributed by atoms with Crippen LogP contribution in [-0.2, 0) is 38.8 Å². The van der Waals surface area contributed by atoms with Gasteiger partial charge in [-0.3, -0.25) is 9.09 Å². The van der Waals surface area contributed by atoms with Crippen molar-refractivity contribution < 1.29 is 56.8 Å². The fourth-order valence-electron chi connectivity index (χ4n) is 2.62. The second-order valence-corrected chi connectivity index (χ2v) is 11.9. The van der Waals surface area contributed by atoms with E-state index in [1.165, 1.54) is 10.9 Å². The lowest BCUT2D eigenvalue weighted by atomic mass is 10.1. The number of ether oxygens (including phenoxy) is 1. The number of phosphoric acid groups is 2. The fourth-order valence-corrected chi connectivity index (χ4v) is 6.41. The summed E-state index contributed by atoms with van der Waals surface area (Å²) < 4.78 is 42.1. The number of nitrogen functional groups attached to an aromatic ring is 1. The van der Waals surface area contributed by atoms with E-state index in [4.69, 9.17) is 20.3 Å². The van der Waals surface area contributed by atoms with Crippen LogP contribution in [0.15, 0.2) is 12.7 Å². The van der Waals surface area contributed by atoms with Crippen molar-refractivity contribution >= 4 is 51.2 Å². The number of imidazole rings is 1. The molecule has 174 valence electrons. The number of aliphatic hydroxyl groups excluding tert-OH is 2. The topological polar surface area (TPSA) is 262 Å². The van der Waals surface area contributed by atoms with Crippen LogP contribution in [0.1, 0.15) is 6.23 Å². The van der Waals surface area contributed by atoms with Crippen LogP contribution in [0.4, 0.5) is 5.82 Å². The predicted octanol–water partition coefficient (Wildman–Crippen LogP) is -1.51. The number of hydrogen-bond donors (Lipinski definition) is 7. The van der Waals surface area contributed by atoms with Gasteiger partial charge in [0.15, 0.2) is 17.7 Å². The Labute approximate surface area is 177 Å². The van der Waals surface area contributed by atoms with E-state index < -0.39 is 53.5 Å². The van der Waals surface area contributed by atoms with Crippen LogP contribution in [0, 0.1) is 0 Å². The van der Waals surface area contributed by atoms with Gasteiger partial charge in [0.2, 0.25) is 0 Å². The number of nitrogens with zero attached hydrogens (tertiary/aromatic N) is 4. The van der Waals surface area contributed by atoms with Gasteiger partial charge in [-0.2, -0.15) is 4.31 Å². The highest BCUT2D eigenvalue weighted by Gasteiger charge is 2.46. The van der Waals surface area contributed by atoms with Gasteiger partial charge in [-0.25, -0.2) is 28.4 Å². The number of fused-ring (bicyclic) bond motifs is 1. The molecule has 2 aromatic heterocycles. The van der Waals surface area contributed by atoms with Crippen LogP contribution in [0.5, 0.6) is 0 Å². The molecule has 2 aromatic rings. The maximum atomic E-state index is 11.9. The SMILES string of the molecule is Nc1ncnc2c1ncn2[C@@H]1O[C@H](COP(=O)(O)OP(=O)(O)OP(O)(O)=S)C(O)C1O. The van der Waals surface area contributed by atoms with Crippen molar-refractivity contribution in [1.29, 1.82) is 0 Å². The minimum absolute atomic E-state index is 0.0574. The summed E-state index contributed by atoms with van der Waals surface area (Å²) in [5.41, 5.74) is 6.05. The third kappa shape index (κ3) is 5.90. The molecule has 21 heteroatoms. The molecule has 0 bridgehead atoms. The molecule has 0 radical (unpaired) electrons. The van der Waals surface area contributed by atoms with E-state index in [9.17, 15) is 29.1 Å². The van der Waals surface area contributed by atoms with Gasteiger partial charge < -0.3 is 40.3 Å². The summed E-state index contributed by atoms with van der Waals surface area (Å²) in [5.74, 6) is 0.0574. The number of hydrogen-bond acceptors (Lipinski definition) is 13. The fraction of sp³-hybridized carbons (Fsp3) is 0.500. The molecule has 31 heavy (non-hydrogen) atoms. The van der Waals surface area contributed by atoms with E-state index in [0.29, 0.717) is 0 Å². The van der Waals surface area contributed by atoms with Crippen molar-refractivity contribution in [3.05, 3.63) is 12.7 Å². The van der Waals surface area contributed by atoms with Crippen LogP contribution < -0.4 is 5.73 Å². The monoisotopic (exact) mass is 523 g/mol. The van der Waals surface area contributed by atoms with E-state index in [1.807, 2.05) is 0 Å². The summed E-state index contributed by atoms with van der Waals surface area (Å²) in [6.45, 7) is -5.61. The number of aliphatic hydroxyl groups is 2. The molecule has 0 spiro atoms. The van der Waals surface area contributed by atoms with E-state index in [0.717, 1.165) is 6.33 Å². The van der Waals surface area contributed by atoms with Crippen LogP contribution >= 0.6 is 22.4 Å². The lowest BCUT2D eigenvalue weighted by Gasteiger charge is -2.19. The molecule has 1 fully saturated rings. The van der Waals surface area contributed by atoms with Crippen LogP contribution in [0.25, 0.3) is 11.2 Å². The minimum Gasteiger partial charge on any atom is -0.387 e. The van der Waals surface area contributed by atoms with Gasteiger partial charge in [0.05, 0.1) is 12.9 Å². The van der Waals surface area contributed by atoms with Crippen molar-refractivity contribution in [2.75, 3.05) is 12.3 Å². The molecule has 1 saturated heterocycles. The van der Waals surface area contributed by atoms with Crippen LogP contribution in [0.3, 0.4) is 0 Å². The van der Waals surface area contributed by atoms with Gasteiger partial charge in [-0.15, -0.1) is 0 Å². The molecule has 1 aliphatic rings. The summed E-state index contributed by atoms with van der Waals surface area (Å²) in [4.78, 5) is 48.2. The second-order valence-electron chi connectivity index (χ2n) is 6.02. The van der Waals surface area contributed by atoms with Gasteiger partial charge in [-0.1, -0.05) is 0 Å². The van der Waals surface area contributed by atoms with Crippen LogP contribution in [-0.4, -0.2) is 74.2 Å². The highest BCUT2D eigenvalue weighted by molar-refractivity contribution is 8.08. The summed E-state index contributed by atoms with van der Waals surface area (Å²) in [6, 6.07) is 0. The molecule has 4 unspecified atom stereocenters. The van der Waals surface area contributed by atoms with Crippen molar-refractivity contribution in [2.24, 2.45) is 0 Å². The van der Waals surface area contributed by atoms with Crippen molar-refractivity contribution in [3.8, 4) is 0 Å². The Bertz CT molecular complexity index is 1110. The Hall–Kier alpha value is -0.940. The standard InChI is InChI=1S/C10H16N5O12P3S/c11-8-5-9(13-2-12-8)15(3-14-5)10-7(17)6(16)4(25-10)1-24-28(18,19)26-29(20,21)27-30(22,23)31/h2-4,6-7,10,16-17H,1H2,(H,18,19)(H,20,21)(H2,11,12,13)(H2,22,23,31)/t4-,6?,7?,10-/m1/s1. The maximum Gasteiger partial charge on any atom is 0.488 e. The zero-order valence-electron chi connectivity index (χ0n) is 14.9. The Kier molecular flexibility index (Phi) is 6.99. The molecule has 17 nitrogen and oxygen atoms in total. The minimum atomic E-state index is -5.49. The molecular weight excluding hydrogens is 507 g/mol. The molecule has 6 atom stereocenters. The normalized spacial score (nSPS) is 28.5. The third-order valence-electron chi connectivity index (χ3n) is 3.82. The zero-order valence-corrected chi connectivity index (χ0v) is 18.4. The number of rotatable bonds is 8. The first-order valence-corrected chi connectivity index (χ1v) is 13.5. The molecular formula is C10H16N5O12P3S. The average molecular weight is 523 g/mol. The highest BCUT2D eigenvalue weighted by atomic mass is 32.5. The third-order valence-corrected chi connectivity index (χ3v) is 8.22. The van der Waals surface area contributed by atoms with E-state index >= 15 is 0 Å². The summed E-state index contributed by atoms with van der Waals surface area (Å²) in [6.07, 6.45) is -3.53.